The van der Waals surface area contributed by atoms with Crippen LogP contribution in [0.3, 0.4) is 0 Å². The van der Waals surface area contributed by atoms with Gasteiger partial charge in [-0.3, -0.25) is 4.79 Å². The summed E-state index contributed by atoms with van der Waals surface area (Å²) in [6.45, 7) is 0.500. The molecule has 0 unspecified atom stereocenters. The predicted molar refractivity (Wildman–Crippen MR) is 63.3 cm³/mol. The first-order valence-electron chi connectivity index (χ1n) is 5.37. The second kappa shape index (κ2) is 7.27. The van der Waals surface area contributed by atoms with Gasteiger partial charge in [-0.15, -0.1) is 0 Å². The molecule has 92 valence electrons. The number of nitrogens with one attached hydrogen (secondary N) is 2. The highest BCUT2D eigenvalue weighted by molar-refractivity contribution is 5.76. The zero-order chi connectivity index (χ0) is 12.5. The highest BCUT2D eigenvalue weighted by atomic mass is 16.5. The highest BCUT2D eigenvalue weighted by Crippen LogP contribution is 2.00. The molecule has 2 amide bonds. The average Bonchev–Trinajstić information content (AvgIpc) is 2.37. The monoisotopic (exact) mass is 236 g/mol. The highest BCUT2D eigenvalue weighted by Gasteiger charge is 2.03. The number of hydrogen-bond acceptors (Lipinski definition) is 3. The van der Waals surface area contributed by atoms with Gasteiger partial charge < -0.3 is 15.4 Å². The number of carbonyl (C=O) groups excluding carboxylic acids is 2. The number of hydrogen-bond donors (Lipinski definition) is 2. The van der Waals surface area contributed by atoms with E-state index in [1.165, 1.54) is 0 Å². The molecule has 0 bridgehead atoms. The van der Waals surface area contributed by atoms with E-state index >= 15 is 0 Å². The van der Waals surface area contributed by atoms with Crippen LogP contribution in [0.2, 0.25) is 0 Å². The fourth-order valence-electron chi connectivity index (χ4n) is 1.18. The molecular weight excluding hydrogens is 220 g/mol. The Morgan fingerprint density at radius 3 is 2.59 bits per heavy atom. The fraction of sp³-hybridized carbons (Fsp3) is 0.333. The van der Waals surface area contributed by atoms with Crippen LogP contribution in [0.15, 0.2) is 30.3 Å². The maximum Gasteiger partial charge on any atom is 0.407 e. The molecule has 0 saturated heterocycles. The smallest absolute Gasteiger partial charge is 0.407 e. The normalized spacial score (nSPS) is 9.47. The van der Waals surface area contributed by atoms with Gasteiger partial charge in [0.1, 0.15) is 6.61 Å². The molecule has 1 aromatic carbocycles. The first-order chi connectivity index (χ1) is 8.22. The van der Waals surface area contributed by atoms with Gasteiger partial charge in [0.05, 0.1) is 0 Å². The molecule has 0 atom stereocenters. The summed E-state index contributed by atoms with van der Waals surface area (Å²) in [7, 11) is 1.55. The summed E-state index contributed by atoms with van der Waals surface area (Å²) in [6.07, 6.45) is -0.269. The van der Waals surface area contributed by atoms with Crippen LogP contribution < -0.4 is 10.6 Å². The Kier molecular flexibility index (Phi) is 5.57. The zero-order valence-electron chi connectivity index (χ0n) is 9.73. The first-order valence-corrected chi connectivity index (χ1v) is 5.37. The summed E-state index contributed by atoms with van der Waals surface area (Å²) in [5.41, 5.74) is 0.925. The van der Waals surface area contributed by atoms with Crippen molar-refractivity contribution in [1.29, 1.82) is 0 Å². The van der Waals surface area contributed by atoms with Gasteiger partial charge in [-0.2, -0.15) is 0 Å². The Morgan fingerprint density at radius 1 is 1.24 bits per heavy atom. The molecule has 0 radical (unpaired) electrons. The van der Waals surface area contributed by atoms with Crippen LogP contribution in [0, 0.1) is 0 Å². The van der Waals surface area contributed by atoms with Crippen molar-refractivity contribution in [2.24, 2.45) is 0 Å². The van der Waals surface area contributed by atoms with Crippen molar-refractivity contribution in [3.8, 4) is 0 Å². The van der Waals surface area contributed by atoms with E-state index in [2.05, 4.69) is 10.6 Å². The van der Waals surface area contributed by atoms with Crippen molar-refractivity contribution in [3.05, 3.63) is 35.9 Å². The number of ether oxygens (including phenoxy) is 1. The summed E-state index contributed by atoms with van der Waals surface area (Å²) in [5.74, 6) is -0.117. The second-order valence-corrected chi connectivity index (χ2v) is 3.41. The molecule has 0 spiro atoms. The summed E-state index contributed by atoms with van der Waals surface area (Å²) in [4.78, 5) is 22.1. The summed E-state index contributed by atoms with van der Waals surface area (Å²) >= 11 is 0. The SMILES string of the molecule is CNC(=O)CCNC(=O)OCc1ccccc1. The minimum Gasteiger partial charge on any atom is -0.445 e. The molecule has 2 N–H and O–H groups in total. The zero-order valence-corrected chi connectivity index (χ0v) is 9.73. The molecule has 0 heterocycles. The van der Waals surface area contributed by atoms with E-state index in [0.717, 1.165) is 5.56 Å². The van der Waals surface area contributed by atoms with Crippen molar-refractivity contribution in [1.82, 2.24) is 10.6 Å². The lowest BCUT2D eigenvalue weighted by molar-refractivity contribution is -0.120. The van der Waals surface area contributed by atoms with E-state index in [1.807, 2.05) is 30.3 Å². The van der Waals surface area contributed by atoms with Gasteiger partial charge in [-0.25, -0.2) is 4.79 Å². The van der Waals surface area contributed by atoms with Crippen LogP contribution >= 0.6 is 0 Å². The quantitative estimate of drug-likeness (QED) is 0.803. The Balaban J connectivity index is 2.16. The number of benzene rings is 1. The standard InChI is InChI=1S/C12H16N2O3/c1-13-11(15)7-8-14-12(16)17-9-10-5-3-2-4-6-10/h2-6H,7-9H2,1H3,(H,13,15)(H,14,16). The maximum atomic E-state index is 11.2. The van der Waals surface area contributed by atoms with Crippen LogP contribution in [-0.2, 0) is 16.1 Å². The second-order valence-electron chi connectivity index (χ2n) is 3.41. The molecule has 1 aromatic rings. The number of rotatable bonds is 5. The van der Waals surface area contributed by atoms with Gasteiger partial charge in [0.15, 0.2) is 0 Å². The Bertz CT molecular complexity index is 365. The van der Waals surface area contributed by atoms with E-state index in [1.54, 1.807) is 7.05 Å². The largest absolute Gasteiger partial charge is 0.445 e. The molecule has 0 fully saturated rings. The molecule has 5 heteroatoms. The third-order valence-electron chi connectivity index (χ3n) is 2.11. The summed E-state index contributed by atoms with van der Waals surface area (Å²) in [6, 6.07) is 9.40. The molecule has 0 aromatic heterocycles. The molecule has 17 heavy (non-hydrogen) atoms. The van der Waals surface area contributed by atoms with E-state index in [4.69, 9.17) is 4.74 Å². The first kappa shape index (κ1) is 13.0. The molecule has 0 aliphatic rings. The lowest BCUT2D eigenvalue weighted by atomic mass is 10.2. The molecular formula is C12H16N2O3. The lowest BCUT2D eigenvalue weighted by Gasteiger charge is -2.06. The molecule has 1 rings (SSSR count). The minimum absolute atomic E-state index is 0.117. The van der Waals surface area contributed by atoms with E-state index in [0.29, 0.717) is 0 Å². The number of carbonyl (C=O) groups is 2. The third-order valence-corrected chi connectivity index (χ3v) is 2.11. The van der Waals surface area contributed by atoms with Gasteiger partial charge in [0, 0.05) is 20.0 Å². The molecule has 0 aliphatic carbocycles. The van der Waals surface area contributed by atoms with Gasteiger partial charge in [-0.1, -0.05) is 30.3 Å². The van der Waals surface area contributed by atoms with Gasteiger partial charge in [0.25, 0.3) is 0 Å². The van der Waals surface area contributed by atoms with Crippen LogP contribution in [0.1, 0.15) is 12.0 Å². The van der Waals surface area contributed by atoms with Crippen LogP contribution in [-0.4, -0.2) is 25.6 Å². The Morgan fingerprint density at radius 2 is 1.94 bits per heavy atom. The van der Waals surface area contributed by atoms with Crippen molar-refractivity contribution in [2.75, 3.05) is 13.6 Å². The van der Waals surface area contributed by atoms with E-state index in [9.17, 15) is 9.59 Å². The lowest BCUT2D eigenvalue weighted by Crippen LogP contribution is -2.29. The van der Waals surface area contributed by atoms with E-state index < -0.39 is 6.09 Å². The van der Waals surface area contributed by atoms with Crippen LogP contribution in [0.4, 0.5) is 4.79 Å². The Hall–Kier alpha value is -2.04. The average molecular weight is 236 g/mol. The fourth-order valence-corrected chi connectivity index (χ4v) is 1.18. The van der Waals surface area contributed by atoms with Gasteiger partial charge >= 0.3 is 6.09 Å². The molecule has 0 saturated carbocycles. The Labute approximate surface area is 100 Å². The summed E-state index contributed by atoms with van der Waals surface area (Å²) < 4.78 is 4.96. The van der Waals surface area contributed by atoms with Crippen molar-refractivity contribution >= 4 is 12.0 Å². The third kappa shape index (κ3) is 5.55. The van der Waals surface area contributed by atoms with Crippen LogP contribution in [0.5, 0.6) is 0 Å². The van der Waals surface area contributed by atoms with E-state index in [-0.39, 0.29) is 25.5 Å². The molecule has 0 aliphatic heterocycles. The maximum absolute atomic E-state index is 11.2. The molecule has 5 nitrogen and oxygen atoms in total. The topological polar surface area (TPSA) is 67.4 Å². The predicted octanol–water partition coefficient (Wildman–Crippen LogP) is 1.05. The summed E-state index contributed by atoms with van der Waals surface area (Å²) in [5, 5.41) is 4.96. The minimum atomic E-state index is -0.516. The van der Waals surface area contributed by atoms with Crippen molar-refractivity contribution in [3.63, 3.8) is 0 Å². The number of alkyl carbamates (subject to hydrolysis) is 1. The van der Waals surface area contributed by atoms with Crippen LogP contribution in [0.25, 0.3) is 0 Å². The van der Waals surface area contributed by atoms with Crippen molar-refractivity contribution in [2.45, 2.75) is 13.0 Å². The van der Waals surface area contributed by atoms with Crippen molar-refractivity contribution < 1.29 is 14.3 Å². The van der Waals surface area contributed by atoms with Gasteiger partial charge in [-0.05, 0) is 5.56 Å². The van der Waals surface area contributed by atoms with Gasteiger partial charge in [0.2, 0.25) is 5.91 Å². The number of amides is 2.